The second-order valence-corrected chi connectivity index (χ2v) is 10.7. The highest BCUT2D eigenvalue weighted by Crippen LogP contribution is 2.43. The number of nitrogens with zero attached hydrogens (tertiary/aromatic N) is 2. The molecule has 0 saturated heterocycles. The molecule has 2 aromatic carbocycles. The number of anilines is 1. The third-order valence-electron chi connectivity index (χ3n) is 5.18. The average Bonchev–Trinajstić information content (AvgIpc) is 2.91. The third-order valence-corrected chi connectivity index (χ3v) is 6.37. The topological polar surface area (TPSA) is 116 Å². The van der Waals surface area contributed by atoms with Crippen LogP contribution in [0.1, 0.15) is 32.8 Å². The quantitative estimate of drug-likeness (QED) is 0.210. The van der Waals surface area contributed by atoms with Crippen molar-refractivity contribution >= 4 is 33.7 Å². The zero-order valence-corrected chi connectivity index (χ0v) is 24.4. The molecule has 0 fully saturated rings. The molecule has 1 aromatic heterocycles. The number of aromatic nitrogens is 1. The molecule has 0 atom stereocenters. The Labute approximate surface area is 246 Å². The Bertz CT molecular complexity index is 1460. The number of pyridine rings is 1. The lowest BCUT2D eigenvalue weighted by molar-refractivity contribution is -0.137. The number of amides is 1. The molecule has 3 rings (SSSR count). The number of carbonyl (C=O) groups is 1. The fourth-order valence-electron chi connectivity index (χ4n) is 3.50. The Morgan fingerprint density at radius 3 is 2.40 bits per heavy atom. The SMILES string of the molecule is CCCN(C(=O)OS(=O)(=O)NCCOc1ccccc1)c1c(Oc2ncc(C(F)(F)F)cc2Cl)cccc1OC(C)C. The van der Waals surface area contributed by atoms with Crippen LogP contribution in [0.5, 0.6) is 23.1 Å². The summed E-state index contributed by atoms with van der Waals surface area (Å²) < 4.78 is 88.3. The van der Waals surface area contributed by atoms with Gasteiger partial charge in [-0.05, 0) is 50.6 Å². The van der Waals surface area contributed by atoms with E-state index in [2.05, 4.69) is 9.71 Å². The van der Waals surface area contributed by atoms with Gasteiger partial charge in [0.15, 0.2) is 5.75 Å². The summed E-state index contributed by atoms with van der Waals surface area (Å²) in [4.78, 5) is 17.9. The first-order chi connectivity index (χ1) is 19.8. The summed E-state index contributed by atoms with van der Waals surface area (Å²) in [5.74, 6) is 0.150. The van der Waals surface area contributed by atoms with E-state index >= 15 is 0 Å². The molecule has 3 aromatic rings. The monoisotopic (exact) mass is 631 g/mol. The highest BCUT2D eigenvalue weighted by Gasteiger charge is 2.33. The maximum Gasteiger partial charge on any atom is 0.431 e. The maximum absolute atomic E-state index is 13.2. The molecule has 0 aliphatic carbocycles. The second kappa shape index (κ2) is 14.4. The van der Waals surface area contributed by atoms with Crippen LogP contribution in [0.4, 0.5) is 23.7 Å². The molecule has 0 spiro atoms. The fourth-order valence-corrected chi connectivity index (χ4v) is 4.37. The minimum Gasteiger partial charge on any atom is -0.492 e. The van der Waals surface area contributed by atoms with E-state index in [0.29, 0.717) is 24.4 Å². The van der Waals surface area contributed by atoms with Gasteiger partial charge < -0.3 is 18.4 Å². The van der Waals surface area contributed by atoms with Gasteiger partial charge >= 0.3 is 22.6 Å². The van der Waals surface area contributed by atoms with Gasteiger partial charge in [0.1, 0.15) is 28.8 Å². The molecule has 0 unspecified atom stereocenters. The van der Waals surface area contributed by atoms with Gasteiger partial charge in [-0.3, -0.25) is 4.90 Å². The molecule has 42 heavy (non-hydrogen) atoms. The van der Waals surface area contributed by atoms with E-state index in [1.165, 1.54) is 18.2 Å². The van der Waals surface area contributed by atoms with Gasteiger partial charge in [0, 0.05) is 19.3 Å². The molecule has 0 aliphatic heterocycles. The molecular formula is C27H29ClF3N3O7S. The van der Waals surface area contributed by atoms with E-state index in [4.69, 9.17) is 30.0 Å². The second-order valence-electron chi connectivity index (χ2n) is 8.89. The van der Waals surface area contributed by atoms with E-state index < -0.39 is 33.2 Å². The summed E-state index contributed by atoms with van der Waals surface area (Å²) >= 11 is 6.03. The molecule has 0 bridgehead atoms. The molecule has 1 N–H and O–H groups in total. The van der Waals surface area contributed by atoms with Crippen LogP contribution < -0.4 is 23.8 Å². The zero-order chi connectivity index (χ0) is 30.9. The highest BCUT2D eigenvalue weighted by atomic mass is 35.5. The fraction of sp³-hybridized carbons (Fsp3) is 0.333. The standard InChI is InChI=1S/C27H29ClF3N3O7S/c1-4-14-34(26(35)41-42(36,37)33-13-15-38-20-9-6-5-7-10-20)24-22(39-18(2)3)11-8-12-23(24)40-25-21(28)16-19(17-32-25)27(29,30)31/h5-12,16-18,33H,4,13-15H2,1-3H3. The van der Waals surface area contributed by atoms with Gasteiger partial charge in [0.05, 0.1) is 11.7 Å². The first kappa shape index (κ1) is 32.8. The van der Waals surface area contributed by atoms with Crippen molar-refractivity contribution in [1.29, 1.82) is 0 Å². The Kier molecular flexibility index (Phi) is 11.3. The van der Waals surface area contributed by atoms with Crippen LogP contribution >= 0.6 is 11.6 Å². The number of halogens is 4. The van der Waals surface area contributed by atoms with Gasteiger partial charge in [0.25, 0.3) is 0 Å². The van der Waals surface area contributed by atoms with Crippen molar-refractivity contribution in [2.75, 3.05) is 24.6 Å². The molecule has 1 heterocycles. The molecule has 228 valence electrons. The number of para-hydroxylation sites is 2. The van der Waals surface area contributed by atoms with E-state index in [-0.39, 0.29) is 48.9 Å². The van der Waals surface area contributed by atoms with Gasteiger partial charge in [0.2, 0.25) is 5.88 Å². The van der Waals surface area contributed by atoms with Gasteiger partial charge in [-0.2, -0.15) is 26.3 Å². The van der Waals surface area contributed by atoms with Gasteiger partial charge in [-0.1, -0.05) is 42.8 Å². The Hall–Kier alpha value is -3.75. The lowest BCUT2D eigenvalue weighted by atomic mass is 10.2. The van der Waals surface area contributed by atoms with Crippen molar-refractivity contribution < 1.29 is 44.8 Å². The number of alkyl halides is 3. The molecule has 0 radical (unpaired) electrons. The van der Waals surface area contributed by atoms with Crippen molar-refractivity contribution in [3.8, 4) is 23.1 Å². The number of hydrogen-bond acceptors (Lipinski definition) is 8. The summed E-state index contributed by atoms with van der Waals surface area (Å²) in [5.41, 5.74) is -1.13. The van der Waals surface area contributed by atoms with Crippen molar-refractivity contribution in [2.45, 2.75) is 39.5 Å². The highest BCUT2D eigenvalue weighted by molar-refractivity contribution is 7.85. The smallest absolute Gasteiger partial charge is 0.431 e. The summed E-state index contributed by atoms with van der Waals surface area (Å²) in [6.07, 6.45) is -5.46. The predicted molar refractivity (Wildman–Crippen MR) is 150 cm³/mol. The van der Waals surface area contributed by atoms with Crippen LogP contribution in [0.3, 0.4) is 0 Å². The van der Waals surface area contributed by atoms with E-state index in [9.17, 15) is 26.4 Å². The summed E-state index contributed by atoms with van der Waals surface area (Å²) in [7, 11) is -4.58. The normalized spacial score (nSPS) is 11.7. The summed E-state index contributed by atoms with van der Waals surface area (Å²) in [5, 5.41) is -0.444. The van der Waals surface area contributed by atoms with Crippen molar-refractivity contribution in [2.24, 2.45) is 0 Å². The molecular weight excluding hydrogens is 603 g/mol. The molecule has 0 aliphatic rings. The number of carbonyl (C=O) groups excluding carboxylic acids is 1. The maximum atomic E-state index is 13.2. The first-order valence-corrected chi connectivity index (χ1v) is 14.5. The Balaban J connectivity index is 1.87. The molecule has 0 saturated carbocycles. The van der Waals surface area contributed by atoms with Crippen molar-refractivity contribution in [3.05, 3.63) is 71.4 Å². The predicted octanol–water partition coefficient (Wildman–Crippen LogP) is 6.60. The minimum absolute atomic E-state index is 0.0383. The molecule has 1 amide bonds. The van der Waals surface area contributed by atoms with Gasteiger partial charge in [-0.25, -0.2) is 9.78 Å². The van der Waals surface area contributed by atoms with Crippen LogP contribution in [0.15, 0.2) is 60.8 Å². The van der Waals surface area contributed by atoms with Crippen LogP contribution in [0.2, 0.25) is 5.02 Å². The number of hydrogen-bond donors (Lipinski definition) is 1. The van der Waals surface area contributed by atoms with Crippen LogP contribution in [-0.2, 0) is 20.7 Å². The number of nitrogens with one attached hydrogen (secondary N) is 1. The van der Waals surface area contributed by atoms with Crippen molar-refractivity contribution in [1.82, 2.24) is 9.71 Å². The summed E-state index contributed by atoms with van der Waals surface area (Å²) in [6, 6.07) is 13.8. The average molecular weight is 632 g/mol. The van der Waals surface area contributed by atoms with E-state index in [1.807, 2.05) is 0 Å². The molecule has 15 heteroatoms. The first-order valence-electron chi connectivity index (χ1n) is 12.7. The lowest BCUT2D eigenvalue weighted by Gasteiger charge is -2.26. The van der Waals surface area contributed by atoms with Gasteiger partial charge in [-0.15, -0.1) is 0 Å². The number of rotatable bonds is 13. The molecule has 10 nitrogen and oxygen atoms in total. The third kappa shape index (κ3) is 9.39. The summed E-state index contributed by atoms with van der Waals surface area (Å²) in [6.45, 7) is 4.89. The van der Waals surface area contributed by atoms with E-state index in [0.717, 1.165) is 4.90 Å². The van der Waals surface area contributed by atoms with Crippen molar-refractivity contribution in [3.63, 3.8) is 0 Å². The largest absolute Gasteiger partial charge is 0.492 e. The Morgan fingerprint density at radius 2 is 1.79 bits per heavy atom. The van der Waals surface area contributed by atoms with Crippen LogP contribution in [0, 0.1) is 0 Å². The Morgan fingerprint density at radius 1 is 1.10 bits per heavy atom. The van der Waals surface area contributed by atoms with Crippen LogP contribution in [-0.4, -0.2) is 45.3 Å². The van der Waals surface area contributed by atoms with Crippen LogP contribution in [0.25, 0.3) is 0 Å². The van der Waals surface area contributed by atoms with E-state index in [1.54, 1.807) is 51.1 Å². The number of ether oxygens (including phenoxy) is 3. The lowest BCUT2D eigenvalue weighted by Crippen LogP contribution is -2.39. The zero-order valence-electron chi connectivity index (χ0n) is 22.9. The number of benzene rings is 2. The minimum atomic E-state index is -4.68.